The Morgan fingerprint density at radius 1 is 1.03 bits per heavy atom. The Kier molecular flexibility index (Phi) is 7.40. The number of ether oxygens (including phenoxy) is 1. The Balaban J connectivity index is 1.48. The Morgan fingerprint density at radius 3 is 2.32 bits per heavy atom. The first kappa shape index (κ1) is 22.9. The van der Waals surface area contributed by atoms with Gasteiger partial charge in [-0.2, -0.15) is 4.31 Å². The van der Waals surface area contributed by atoms with E-state index >= 15 is 0 Å². The number of amides is 1. The van der Waals surface area contributed by atoms with Crippen LogP contribution in [0.2, 0.25) is 0 Å². The SMILES string of the molecule is CC(=O)CCc1ccc(OCC(=O)N2CCN(S(=O)(=O)c3cccc(F)c3)CC2)cc1. The smallest absolute Gasteiger partial charge is 0.260 e. The molecule has 1 aliphatic heterocycles. The standard InChI is InChI=1S/C22H25FN2O5S/c1-17(26)5-6-18-7-9-20(10-8-18)30-16-22(27)24-11-13-25(14-12-24)31(28,29)21-4-2-3-19(23)15-21/h2-4,7-10,15H,5-6,11-14,16H2,1H3. The summed E-state index contributed by atoms with van der Waals surface area (Å²) in [7, 11) is -3.80. The van der Waals surface area contributed by atoms with Crippen LogP contribution in [0.15, 0.2) is 53.4 Å². The van der Waals surface area contributed by atoms with Crippen molar-refractivity contribution in [1.29, 1.82) is 0 Å². The van der Waals surface area contributed by atoms with Crippen LogP contribution in [0.3, 0.4) is 0 Å². The molecule has 0 unspecified atom stereocenters. The van der Waals surface area contributed by atoms with Gasteiger partial charge in [0, 0.05) is 32.6 Å². The number of carbonyl (C=O) groups excluding carboxylic acids is 2. The van der Waals surface area contributed by atoms with Gasteiger partial charge in [-0.05, 0) is 49.2 Å². The van der Waals surface area contributed by atoms with Crippen molar-refractivity contribution in [2.24, 2.45) is 0 Å². The predicted molar refractivity (Wildman–Crippen MR) is 113 cm³/mol. The van der Waals surface area contributed by atoms with Gasteiger partial charge in [-0.3, -0.25) is 4.79 Å². The molecule has 0 N–H and O–H groups in total. The number of benzene rings is 2. The van der Waals surface area contributed by atoms with Gasteiger partial charge in [-0.25, -0.2) is 12.8 Å². The van der Waals surface area contributed by atoms with Crippen LogP contribution >= 0.6 is 0 Å². The molecule has 0 spiro atoms. The summed E-state index contributed by atoms with van der Waals surface area (Å²) in [6, 6.07) is 12.1. The third-order valence-electron chi connectivity index (χ3n) is 5.08. The largest absolute Gasteiger partial charge is 0.484 e. The number of Topliss-reactive ketones (excluding diaryl/α,β-unsaturated/α-hetero) is 1. The maximum Gasteiger partial charge on any atom is 0.260 e. The number of rotatable bonds is 8. The van der Waals surface area contributed by atoms with Crippen LogP contribution in [0, 0.1) is 5.82 Å². The molecule has 2 aromatic rings. The molecule has 166 valence electrons. The van der Waals surface area contributed by atoms with E-state index in [1.165, 1.54) is 22.5 Å². The number of carbonyl (C=O) groups is 2. The summed E-state index contributed by atoms with van der Waals surface area (Å²) in [6.45, 7) is 2.15. The van der Waals surface area contributed by atoms with Crippen molar-refractivity contribution in [2.75, 3.05) is 32.8 Å². The lowest BCUT2D eigenvalue weighted by Gasteiger charge is -2.34. The zero-order valence-corrected chi connectivity index (χ0v) is 18.1. The van der Waals surface area contributed by atoms with Crippen LogP contribution in [0.1, 0.15) is 18.9 Å². The fourth-order valence-corrected chi connectivity index (χ4v) is 4.72. The average Bonchev–Trinajstić information content (AvgIpc) is 2.77. The summed E-state index contributed by atoms with van der Waals surface area (Å²) in [4.78, 5) is 24.9. The first-order valence-electron chi connectivity index (χ1n) is 10.0. The lowest BCUT2D eigenvalue weighted by molar-refractivity contribution is -0.134. The van der Waals surface area contributed by atoms with E-state index in [9.17, 15) is 22.4 Å². The van der Waals surface area contributed by atoms with Gasteiger partial charge in [-0.15, -0.1) is 0 Å². The van der Waals surface area contributed by atoms with E-state index in [1.807, 2.05) is 12.1 Å². The number of ketones is 1. The molecule has 31 heavy (non-hydrogen) atoms. The van der Waals surface area contributed by atoms with Gasteiger partial charge in [0.25, 0.3) is 5.91 Å². The first-order chi connectivity index (χ1) is 14.8. The van der Waals surface area contributed by atoms with Crippen LogP contribution in [-0.4, -0.2) is 62.1 Å². The summed E-state index contributed by atoms with van der Waals surface area (Å²) < 4.78 is 45.5. The molecule has 0 saturated carbocycles. The minimum atomic E-state index is -3.80. The van der Waals surface area contributed by atoms with Crippen molar-refractivity contribution in [3.05, 3.63) is 59.9 Å². The molecule has 1 aliphatic rings. The molecule has 1 saturated heterocycles. The molecule has 3 rings (SSSR count). The van der Waals surface area contributed by atoms with Crippen LogP contribution in [0.4, 0.5) is 4.39 Å². The number of nitrogens with zero attached hydrogens (tertiary/aromatic N) is 2. The highest BCUT2D eigenvalue weighted by Gasteiger charge is 2.30. The highest BCUT2D eigenvalue weighted by molar-refractivity contribution is 7.89. The normalized spacial score (nSPS) is 15.0. The fraction of sp³-hybridized carbons (Fsp3) is 0.364. The highest BCUT2D eigenvalue weighted by Crippen LogP contribution is 2.19. The Morgan fingerprint density at radius 2 is 1.71 bits per heavy atom. The van der Waals surface area contributed by atoms with Crippen molar-refractivity contribution in [2.45, 2.75) is 24.7 Å². The molecule has 9 heteroatoms. The third-order valence-corrected chi connectivity index (χ3v) is 6.97. The van der Waals surface area contributed by atoms with E-state index in [2.05, 4.69) is 0 Å². The number of hydrogen-bond acceptors (Lipinski definition) is 5. The van der Waals surface area contributed by atoms with E-state index in [1.54, 1.807) is 24.0 Å². The second-order valence-corrected chi connectivity index (χ2v) is 9.31. The van der Waals surface area contributed by atoms with E-state index in [-0.39, 0.29) is 49.4 Å². The molecule has 7 nitrogen and oxygen atoms in total. The third kappa shape index (κ3) is 6.11. The minimum Gasteiger partial charge on any atom is -0.484 e. The van der Waals surface area contributed by atoms with E-state index in [4.69, 9.17) is 4.74 Å². The molecule has 0 aromatic heterocycles. The summed E-state index contributed by atoms with van der Waals surface area (Å²) >= 11 is 0. The summed E-state index contributed by atoms with van der Waals surface area (Å²) in [6.07, 6.45) is 1.15. The second kappa shape index (κ2) is 10.0. The molecular weight excluding hydrogens is 423 g/mol. The maximum absolute atomic E-state index is 13.4. The number of halogens is 1. The van der Waals surface area contributed by atoms with Crippen LogP contribution in [-0.2, 0) is 26.0 Å². The quantitative estimate of drug-likeness (QED) is 0.619. The highest BCUT2D eigenvalue weighted by atomic mass is 32.2. The van der Waals surface area contributed by atoms with Gasteiger partial charge in [0.1, 0.15) is 17.3 Å². The van der Waals surface area contributed by atoms with Gasteiger partial charge in [0.2, 0.25) is 10.0 Å². The van der Waals surface area contributed by atoms with Gasteiger partial charge in [-0.1, -0.05) is 18.2 Å². The van der Waals surface area contributed by atoms with E-state index in [0.717, 1.165) is 11.6 Å². The summed E-state index contributed by atoms with van der Waals surface area (Å²) in [5, 5.41) is 0. The number of piperazine rings is 1. The Bertz CT molecular complexity index is 1030. The lowest BCUT2D eigenvalue weighted by atomic mass is 10.1. The topological polar surface area (TPSA) is 84.0 Å². The molecule has 2 aromatic carbocycles. The van der Waals surface area contributed by atoms with Gasteiger partial charge in [0.05, 0.1) is 4.90 Å². The zero-order chi connectivity index (χ0) is 22.4. The number of hydrogen-bond donors (Lipinski definition) is 0. The van der Waals surface area contributed by atoms with Crippen molar-refractivity contribution in [3.63, 3.8) is 0 Å². The second-order valence-electron chi connectivity index (χ2n) is 7.38. The molecule has 0 bridgehead atoms. The fourth-order valence-electron chi connectivity index (χ4n) is 3.26. The van der Waals surface area contributed by atoms with Crippen LogP contribution in [0.5, 0.6) is 5.75 Å². The summed E-state index contributed by atoms with van der Waals surface area (Å²) in [5.74, 6) is -0.163. The summed E-state index contributed by atoms with van der Waals surface area (Å²) in [5.41, 5.74) is 1.02. The minimum absolute atomic E-state index is 0.0950. The van der Waals surface area contributed by atoms with Crippen molar-refractivity contribution in [1.82, 2.24) is 9.21 Å². The predicted octanol–water partition coefficient (Wildman–Crippen LogP) is 2.26. The lowest BCUT2D eigenvalue weighted by Crippen LogP contribution is -2.51. The van der Waals surface area contributed by atoms with Crippen LogP contribution < -0.4 is 4.74 Å². The monoisotopic (exact) mass is 448 g/mol. The molecule has 1 fully saturated rings. The molecular formula is C22H25FN2O5S. The van der Waals surface area contributed by atoms with Crippen molar-refractivity contribution in [3.8, 4) is 5.75 Å². The first-order valence-corrected chi connectivity index (χ1v) is 11.4. The Hall–Kier alpha value is -2.78. The number of aryl methyl sites for hydroxylation is 1. The maximum atomic E-state index is 13.4. The van der Waals surface area contributed by atoms with E-state index in [0.29, 0.717) is 18.6 Å². The molecule has 0 atom stereocenters. The molecule has 0 radical (unpaired) electrons. The van der Waals surface area contributed by atoms with Gasteiger partial charge >= 0.3 is 0 Å². The Labute approximate surface area is 181 Å². The van der Waals surface area contributed by atoms with Gasteiger partial charge < -0.3 is 14.4 Å². The van der Waals surface area contributed by atoms with Gasteiger partial charge in [0.15, 0.2) is 6.61 Å². The van der Waals surface area contributed by atoms with Crippen LogP contribution in [0.25, 0.3) is 0 Å². The molecule has 1 heterocycles. The van der Waals surface area contributed by atoms with Crippen molar-refractivity contribution < 1.29 is 27.1 Å². The molecule has 0 aliphatic carbocycles. The van der Waals surface area contributed by atoms with Crippen molar-refractivity contribution >= 4 is 21.7 Å². The zero-order valence-electron chi connectivity index (χ0n) is 17.3. The van der Waals surface area contributed by atoms with E-state index < -0.39 is 15.8 Å². The average molecular weight is 449 g/mol. The molecule has 1 amide bonds. The number of sulfonamides is 1.